The van der Waals surface area contributed by atoms with Crippen molar-refractivity contribution in [3.05, 3.63) is 60.7 Å². The first-order valence-corrected chi connectivity index (χ1v) is 8.57. The Bertz CT molecular complexity index is 856. The summed E-state index contributed by atoms with van der Waals surface area (Å²) >= 11 is 0. The SMILES string of the molecule is C.CCCC(Nc1cc(-c2ccc(O)c(OC)c2)ncn1)c1cccnc1. The second kappa shape index (κ2) is 9.52. The highest BCUT2D eigenvalue weighted by molar-refractivity contribution is 5.66. The lowest BCUT2D eigenvalue weighted by atomic mass is 10.0. The molecule has 1 unspecified atom stereocenters. The van der Waals surface area contributed by atoms with E-state index in [1.807, 2.05) is 18.3 Å². The average molecular weight is 366 g/mol. The number of aromatic hydroxyl groups is 1. The number of rotatable bonds is 7. The van der Waals surface area contributed by atoms with Crippen molar-refractivity contribution in [3.8, 4) is 22.8 Å². The number of methoxy groups -OCH3 is 1. The minimum Gasteiger partial charge on any atom is -0.504 e. The van der Waals surface area contributed by atoms with Crippen LogP contribution in [0.3, 0.4) is 0 Å². The first kappa shape index (κ1) is 20.2. The van der Waals surface area contributed by atoms with Crippen molar-refractivity contribution in [3.63, 3.8) is 0 Å². The highest BCUT2D eigenvalue weighted by Crippen LogP contribution is 2.31. The zero-order valence-electron chi connectivity index (χ0n) is 14.9. The van der Waals surface area contributed by atoms with Crippen molar-refractivity contribution in [2.75, 3.05) is 12.4 Å². The standard InChI is InChI=1S/C20H22N4O2.CH4/c1-3-5-16(15-6-4-9-21-12-15)24-20-11-17(22-13-23-20)14-7-8-18(25)19(10-14)26-2;/h4,6-13,16,25H,3,5H2,1-2H3,(H,22,23,24);1H4. The molecule has 1 atom stereocenters. The number of nitrogens with zero attached hydrogens (tertiary/aromatic N) is 3. The summed E-state index contributed by atoms with van der Waals surface area (Å²) in [4.78, 5) is 12.9. The van der Waals surface area contributed by atoms with Crippen LogP contribution in [0.2, 0.25) is 0 Å². The van der Waals surface area contributed by atoms with Crippen LogP contribution in [0.1, 0.15) is 38.8 Å². The van der Waals surface area contributed by atoms with Gasteiger partial charge in [0.15, 0.2) is 11.5 Å². The third kappa shape index (κ3) is 4.94. The number of anilines is 1. The fraction of sp³-hybridized carbons (Fsp3) is 0.286. The van der Waals surface area contributed by atoms with Gasteiger partial charge in [0.1, 0.15) is 12.1 Å². The van der Waals surface area contributed by atoms with Crippen LogP contribution in [0.4, 0.5) is 5.82 Å². The van der Waals surface area contributed by atoms with E-state index < -0.39 is 0 Å². The summed E-state index contributed by atoms with van der Waals surface area (Å²) in [6.07, 6.45) is 7.19. The van der Waals surface area contributed by atoms with Gasteiger partial charge in [-0.05, 0) is 36.2 Å². The van der Waals surface area contributed by atoms with Crippen molar-refractivity contribution in [1.29, 1.82) is 0 Å². The third-order valence-corrected chi connectivity index (χ3v) is 4.13. The predicted molar refractivity (Wildman–Crippen MR) is 108 cm³/mol. The molecule has 27 heavy (non-hydrogen) atoms. The highest BCUT2D eigenvalue weighted by Gasteiger charge is 2.13. The molecule has 2 aromatic heterocycles. The van der Waals surface area contributed by atoms with Crippen molar-refractivity contribution in [2.45, 2.75) is 33.2 Å². The average Bonchev–Trinajstić information content (AvgIpc) is 2.69. The topological polar surface area (TPSA) is 80.2 Å². The van der Waals surface area contributed by atoms with Crippen LogP contribution in [0.15, 0.2) is 55.1 Å². The van der Waals surface area contributed by atoms with E-state index in [0.29, 0.717) is 5.75 Å². The van der Waals surface area contributed by atoms with E-state index in [9.17, 15) is 5.11 Å². The molecule has 0 bridgehead atoms. The van der Waals surface area contributed by atoms with Crippen LogP contribution in [0.25, 0.3) is 11.3 Å². The van der Waals surface area contributed by atoms with Crippen molar-refractivity contribution in [1.82, 2.24) is 15.0 Å². The Morgan fingerprint density at radius 2 is 2.04 bits per heavy atom. The second-order valence-corrected chi connectivity index (χ2v) is 5.95. The summed E-state index contributed by atoms with van der Waals surface area (Å²) in [6.45, 7) is 2.15. The highest BCUT2D eigenvalue weighted by atomic mass is 16.5. The quantitative estimate of drug-likeness (QED) is 0.623. The Balaban J connectivity index is 0.00000261. The fourth-order valence-electron chi connectivity index (χ4n) is 2.80. The molecule has 0 radical (unpaired) electrons. The Labute approximate surface area is 160 Å². The van der Waals surface area contributed by atoms with E-state index in [0.717, 1.165) is 35.5 Å². The summed E-state index contributed by atoms with van der Waals surface area (Å²) < 4.78 is 5.18. The van der Waals surface area contributed by atoms with E-state index >= 15 is 0 Å². The summed E-state index contributed by atoms with van der Waals surface area (Å²) in [7, 11) is 1.52. The Hall–Kier alpha value is -3.15. The molecule has 0 aliphatic carbocycles. The van der Waals surface area contributed by atoms with Crippen molar-refractivity contribution >= 4 is 5.82 Å². The van der Waals surface area contributed by atoms with Gasteiger partial charge in [0, 0.05) is 24.0 Å². The molecule has 0 amide bonds. The molecule has 0 aliphatic rings. The number of phenolic OH excluding ortho intramolecular Hbond substituents is 1. The fourth-order valence-corrected chi connectivity index (χ4v) is 2.80. The Morgan fingerprint density at radius 3 is 2.74 bits per heavy atom. The number of hydrogen-bond donors (Lipinski definition) is 2. The maximum Gasteiger partial charge on any atom is 0.161 e. The van der Waals surface area contributed by atoms with E-state index in [1.54, 1.807) is 24.4 Å². The van der Waals surface area contributed by atoms with Gasteiger partial charge >= 0.3 is 0 Å². The van der Waals surface area contributed by atoms with Gasteiger partial charge in [-0.25, -0.2) is 9.97 Å². The Kier molecular flexibility index (Phi) is 7.11. The first-order valence-electron chi connectivity index (χ1n) is 8.57. The molecule has 0 aliphatic heterocycles. The lowest BCUT2D eigenvalue weighted by Crippen LogP contribution is -2.12. The molecule has 0 saturated heterocycles. The van der Waals surface area contributed by atoms with Crippen LogP contribution in [0.5, 0.6) is 11.5 Å². The number of ether oxygens (including phenoxy) is 1. The zero-order chi connectivity index (χ0) is 18.4. The molecular formula is C21H26N4O2. The molecule has 0 saturated carbocycles. The maximum absolute atomic E-state index is 9.76. The van der Waals surface area contributed by atoms with Crippen LogP contribution in [0, 0.1) is 0 Å². The van der Waals surface area contributed by atoms with Gasteiger partial charge in [-0.2, -0.15) is 0 Å². The minimum absolute atomic E-state index is 0. The van der Waals surface area contributed by atoms with Crippen molar-refractivity contribution in [2.24, 2.45) is 0 Å². The third-order valence-electron chi connectivity index (χ3n) is 4.13. The normalized spacial score (nSPS) is 11.3. The molecule has 2 N–H and O–H groups in total. The van der Waals surface area contributed by atoms with Crippen LogP contribution in [-0.2, 0) is 0 Å². The summed E-state index contributed by atoms with van der Waals surface area (Å²) in [6, 6.07) is 11.2. The number of aromatic nitrogens is 3. The molecule has 2 heterocycles. The van der Waals surface area contributed by atoms with Gasteiger partial charge in [0.25, 0.3) is 0 Å². The monoisotopic (exact) mass is 366 g/mol. The number of nitrogens with one attached hydrogen (secondary N) is 1. The maximum atomic E-state index is 9.76. The van der Waals surface area contributed by atoms with E-state index in [-0.39, 0.29) is 19.2 Å². The molecule has 0 spiro atoms. The van der Waals surface area contributed by atoms with E-state index in [2.05, 4.69) is 33.3 Å². The molecule has 1 aromatic carbocycles. The minimum atomic E-state index is 0. The molecular weight excluding hydrogens is 340 g/mol. The van der Waals surface area contributed by atoms with Crippen molar-refractivity contribution < 1.29 is 9.84 Å². The number of pyridine rings is 1. The molecule has 3 aromatic rings. The molecule has 6 heteroatoms. The van der Waals surface area contributed by atoms with Gasteiger partial charge in [0.2, 0.25) is 0 Å². The van der Waals surface area contributed by atoms with Crippen LogP contribution in [-0.4, -0.2) is 27.2 Å². The van der Waals surface area contributed by atoms with Gasteiger partial charge in [0.05, 0.1) is 18.8 Å². The molecule has 3 rings (SSSR count). The lowest BCUT2D eigenvalue weighted by molar-refractivity contribution is 0.373. The second-order valence-electron chi connectivity index (χ2n) is 5.95. The molecule has 6 nitrogen and oxygen atoms in total. The Morgan fingerprint density at radius 1 is 1.19 bits per heavy atom. The van der Waals surface area contributed by atoms with Gasteiger partial charge < -0.3 is 15.2 Å². The van der Waals surface area contributed by atoms with Crippen LogP contribution >= 0.6 is 0 Å². The summed E-state index contributed by atoms with van der Waals surface area (Å²) in [5.41, 5.74) is 2.72. The molecule has 142 valence electrons. The van der Waals surface area contributed by atoms with E-state index in [1.165, 1.54) is 13.4 Å². The summed E-state index contributed by atoms with van der Waals surface area (Å²) in [5.74, 6) is 1.25. The van der Waals surface area contributed by atoms with Gasteiger partial charge in [-0.1, -0.05) is 26.8 Å². The predicted octanol–water partition coefficient (Wildman–Crippen LogP) is 4.84. The van der Waals surface area contributed by atoms with Gasteiger partial charge in [-0.15, -0.1) is 0 Å². The number of benzene rings is 1. The first-order chi connectivity index (χ1) is 12.7. The molecule has 0 fully saturated rings. The van der Waals surface area contributed by atoms with Crippen LogP contribution < -0.4 is 10.1 Å². The number of phenols is 1. The lowest BCUT2D eigenvalue weighted by Gasteiger charge is -2.19. The van der Waals surface area contributed by atoms with Gasteiger partial charge in [-0.3, -0.25) is 4.98 Å². The van der Waals surface area contributed by atoms with E-state index in [4.69, 9.17) is 4.74 Å². The largest absolute Gasteiger partial charge is 0.504 e. The smallest absolute Gasteiger partial charge is 0.161 e. The number of hydrogen-bond acceptors (Lipinski definition) is 6. The summed E-state index contributed by atoms with van der Waals surface area (Å²) in [5, 5.41) is 13.2. The zero-order valence-corrected chi connectivity index (χ0v) is 14.9.